The van der Waals surface area contributed by atoms with Crippen molar-refractivity contribution in [1.29, 1.82) is 0 Å². The maximum absolute atomic E-state index is 5.75. The minimum Gasteiger partial charge on any atom is -0.494 e. The molecule has 2 nitrogen and oxygen atoms in total. The third kappa shape index (κ3) is 5.18. The lowest BCUT2D eigenvalue weighted by Crippen LogP contribution is -2.01. The molecule has 0 spiro atoms. The predicted octanol–water partition coefficient (Wildman–Crippen LogP) is 5.37. The number of aromatic nitrogens is 1. The van der Waals surface area contributed by atoms with Crippen molar-refractivity contribution in [2.24, 2.45) is 11.8 Å². The van der Waals surface area contributed by atoms with E-state index < -0.39 is 0 Å². The van der Waals surface area contributed by atoms with E-state index >= 15 is 0 Å². The van der Waals surface area contributed by atoms with Crippen LogP contribution in [-0.2, 0) is 6.42 Å². The average Bonchev–Trinajstić information content (AvgIpc) is 2.48. The van der Waals surface area contributed by atoms with E-state index in [0.717, 1.165) is 36.5 Å². The summed E-state index contributed by atoms with van der Waals surface area (Å²) in [4.78, 5) is 4.58. The van der Waals surface area contributed by atoms with Crippen LogP contribution in [0.5, 0.6) is 5.75 Å². The summed E-state index contributed by atoms with van der Waals surface area (Å²) in [6.07, 6.45) is 4.15. The number of rotatable bonds is 7. The molecule has 0 N–H and O–H groups in total. The summed E-state index contributed by atoms with van der Waals surface area (Å²) in [6, 6.07) is 12.5. The number of ether oxygens (including phenoxy) is 1. The highest BCUT2D eigenvalue weighted by Gasteiger charge is 2.03. The molecule has 0 saturated carbocycles. The third-order valence-electron chi connectivity index (χ3n) is 3.58. The van der Waals surface area contributed by atoms with E-state index in [9.17, 15) is 0 Å². The Balaban J connectivity index is 1.97. The Morgan fingerprint density at radius 2 is 1.64 bits per heavy atom. The lowest BCUT2D eigenvalue weighted by atomic mass is 10.0. The van der Waals surface area contributed by atoms with Crippen LogP contribution in [0.15, 0.2) is 42.6 Å². The second-order valence-corrected chi connectivity index (χ2v) is 6.71. The Hall–Kier alpha value is -1.83. The van der Waals surface area contributed by atoms with E-state index in [1.165, 1.54) is 5.56 Å². The largest absolute Gasteiger partial charge is 0.494 e. The lowest BCUT2D eigenvalue weighted by molar-refractivity contribution is 0.289. The van der Waals surface area contributed by atoms with Crippen LogP contribution in [0.3, 0.4) is 0 Å². The summed E-state index contributed by atoms with van der Waals surface area (Å²) in [6.45, 7) is 9.65. The summed E-state index contributed by atoms with van der Waals surface area (Å²) in [5, 5.41) is 0. The molecule has 1 aromatic carbocycles. The molecule has 22 heavy (non-hydrogen) atoms. The summed E-state index contributed by atoms with van der Waals surface area (Å²) in [7, 11) is 0. The van der Waals surface area contributed by atoms with Crippen LogP contribution >= 0.6 is 0 Å². The molecule has 2 aromatic rings. The van der Waals surface area contributed by atoms with Crippen LogP contribution in [0.25, 0.3) is 11.3 Å². The SMILES string of the molecule is CC(C)CCOc1ccc(-c2ccc(CC(C)C)cn2)cc1. The van der Waals surface area contributed by atoms with E-state index in [1.54, 1.807) is 0 Å². The predicted molar refractivity (Wildman–Crippen MR) is 93.2 cm³/mol. The van der Waals surface area contributed by atoms with Crippen LogP contribution in [0, 0.1) is 11.8 Å². The Morgan fingerprint density at radius 1 is 0.909 bits per heavy atom. The molecule has 0 atom stereocenters. The standard InChI is InChI=1S/C20H27NO/c1-15(2)11-12-22-19-8-6-18(7-9-19)20-10-5-17(14-21-20)13-16(3)4/h5-10,14-16H,11-13H2,1-4H3. The van der Waals surface area contributed by atoms with Crippen LogP contribution in [-0.4, -0.2) is 11.6 Å². The van der Waals surface area contributed by atoms with Crippen molar-refractivity contribution in [3.8, 4) is 17.0 Å². The van der Waals surface area contributed by atoms with Gasteiger partial charge in [-0.15, -0.1) is 0 Å². The van der Waals surface area contributed by atoms with Crippen LogP contribution in [0.1, 0.15) is 39.7 Å². The molecule has 0 amide bonds. The molecular formula is C20H27NO. The van der Waals surface area contributed by atoms with E-state index in [2.05, 4.69) is 56.9 Å². The van der Waals surface area contributed by atoms with E-state index in [1.807, 2.05) is 18.3 Å². The molecule has 0 aliphatic rings. The number of nitrogens with zero attached hydrogens (tertiary/aromatic N) is 1. The second-order valence-electron chi connectivity index (χ2n) is 6.71. The zero-order chi connectivity index (χ0) is 15.9. The van der Waals surface area contributed by atoms with Gasteiger partial charge < -0.3 is 4.74 Å². The fourth-order valence-electron chi connectivity index (χ4n) is 2.32. The zero-order valence-electron chi connectivity index (χ0n) is 14.2. The van der Waals surface area contributed by atoms with E-state index in [0.29, 0.717) is 11.8 Å². The van der Waals surface area contributed by atoms with Crippen LogP contribution in [0.4, 0.5) is 0 Å². The van der Waals surface area contributed by atoms with Gasteiger partial charge in [0.2, 0.25) is 0 Å². The van der Waals surface area contributed by atoms with Crippen molar-refractivity contribution in [2.45, 2.75) is 40.5 Å². The quantitative estimate of drug-likeness (QED) is 0.685. The molecule has 2 heteroatoms. The van der Waals surface area contributed by atoms with Crippen molar-refractivity contribution < 1.29 is 4.74 Å². The van der Waals surface area contributed by atoms with Gasteiger partial charge in [0.15, 0.2) is 0 Å². The topological polar surface area (TPSA) is 22.1 Å². The first kappa shape index (κ1) is 16.5. The van der Waals surface area contributed by atoms with Gasteiger partial charge in [-0.25, -0.2) is 0 Å². The molecule has 1 aromatic heterocycles. The number of hydrogen-bond acceptors (Lipinski definition) is 2. The first-order valence-electron chi connectivity index (χ1n) is 8.22. The van der Waals surface area contributed by atoms with Gasteiger partial charge in [0.05, 0.1) is 12.3 Å². The molecule has 1 heterocycles. The van der Waals surface area contributed by atoms with Gasteiger partial charge in [-0.05, 0) is 60.6 Å². The monoisotopic (exact) mass is 297 g/mol. The van der Waals surface area contributed by atoms with Crippen molar-refractivity contribution in [3.05, 3.63) is 48.2 Å². The minimum atomic E-state index is 0.662. The zero-order valence-corrected chi connectivity index (χ0v) is 14.2. The molecule has 0 aliphatic carbocycles. The summed E-state index contributed by atoms with van der Waals surface area (Å²) >= 11 is 0. The van der Waals surface area contributed by atoms with E-state index in [4.69, 9.17) is 4.74 Å². The van der Waals surface area contributed by atoms with Gasteiger partial charge in [0.1, 0.15) is 5.75 Å². The van der Waals surface area contributed by atoms with Crippen LogP contribution < -0.4 is 4.74 Å². The molecule has 0 bridgehead atoms. The van der Waals surface area contributed by atoms with E-state index in [-0.39, 0.29) is 0 Å². The summed E-state index contributed by atoms with van der Waals surface area (Å²) in [5.74, 6) is 2.27. The maximum atomic E-state index is 5.75. The smallest absolute Gasteiger partial charge is 0.119 e. The summed E-state index contributed by atoms with van der Waals surface area (Å²) < 4.78 is 5.75. The molecule has 0 saturated heterocycles. The van der Waals surface area contributed by atoms with Crippen molar-refractivity contribution in [2.75, 3.05) is 6.61 Å². The molecule has 0 unspecified atom stereocenters. The van der Waals surface area contributed by atoms with Crippen molar-refractivity contribution in [1.82, 2.24) is 4.98 Å². The Labute approximate surface area is 134 Å². The van der Waals surface area contributed by atoms with Gasteiger partial charge in [-0.1, -0.05) is 33.8 Å². The molecule has 0 radical (unpaired) electrons. The highest BCUT2D eigenvalue weighted by Crippen LogP contribution is 2.21. The Kier molecular flexibility index (Phi) is 6.00. The van der Waals surface area contributed by atoms with Gasteiger partial charge in [0.25, 0.3) is 0 Å². The minimum absolute atomic E-state index is 0.662. The van der Waals surface area contributed by atoms with Crippen molar-refractivity contribution in [3.63, 3.8) is 0 Å². The normalized spacial score (nSPS) is 11.2. The average molecular weight is 297 g/mol. The number of benzene rings is 1. The first-order chi connectivity index (χ1) is 10.5. The highest BCUT2D eigenvalue weighted by atomic mass is 16.5. The molecule has 0 fully saturated rings. The number of pyridine rings is 1. The molecule has 118 valence electrons. The van der Waals surface area contributed by atoms with Crippen LogP contribution in [0.2, 0.25) is 0 Å². The van der Waals surface area contributed by atoms with Gasteiger partial charge >= 0.3 is 0 Å². The second kappa shape index (κ2) is 7.98. The first-order valence-corrected chi connectivity index (χ1v) is 8.22. The lowest BCUT2D eigenvalue weighted by Gasteiger charge is -2.09. The molecule has 0 aliphatic heterocycles. The molecule has 2 rings (SSSR count). The summed E-state index contributed by atoms with van der Waals surface area (Å²) in [5.41, 5.74) is 3.45. The maximum Gasteiger partial charge on any atom is 0.119 e. The number of hydrogen-bond donors (Lipinski definition) is 0. The molecular weight excluding hydrogens is 270 g/mol. The third-order valence-corrected chi connectivity index (χ3v) is 3.58. The van der Waals surface area contributed by atoms with Gasteiger partial charge in [-0.3, -0.25) is 4.98 Å². The Bertz CT molecular complexity index is 555. The van der Waals surface area contributed by atoms with Gasteiger partial charge in [0, 0.05) is 11.8 Å². The Morgan fingerprint density at radius 3 is 2.18 bits per heavy atom. The highest BCUT2D eigenvalue weighted by molar-refractivity contribution is 5.60. The van der Waals surface area contributed by atoms with Gasteiger partial charge in [-0.2, -0.15) is 0 Å². The fraction of sp³-hybridized carbons (Fsp3) is 0.450. The fourth-order valence-corrected chi connectivity index (χ4v) is 2.32. The van der Waals surface area contributed by atoms with Crippen molar-refractivity contribution >= 4 is 0 Å².